The van der Waals surface area contributed by atoms with Crippen LogP contribution in [0.25, 0.3) is 17.1 Å². The summed E-state index contributed by atoms with van der Waals surface area (Å²) in [5.74, 6) is 0.938. The molecule has 1 aliphatic rings. The molecule has 1 fully saturated rings. The van der Waals surface area contributed by atoms with Crippen molar-refractivity contribution >= 4 is 17.5 Å². The molecule has 1 aromatic carbocycles. The van der Waals surface area contributed by atoms with Crippen molar-refractivity contribution in [1.29, 1.82) is 0 Å². The molecule has 1 saturated heterocycles. The van der Waals surface area contributed by atoms with Crippen LogP contribution in [0.5, 0.6) is 5.75 Å². The van der Waals surface area contributed by atoms with Crippen LogP contribution in [0.3, 0.4) is 0 Å². The summed E-state index contributed by atoms with van der Waals surface area (Å²) >= 11 is 6.35. The van der Waals surface area contributed by atoms with Gasteiger partial charge < -0.3 is 9.64 Å². The van der Waals surface area contributed by atoms with Crippen LogP contribution >= 0.6 is 11.6 Å². The molecular formula is C22H24ClN5O3. The van der Waals surface area contributed by atoms with Crippen LogP contribution < -0.4 is 10.4 Å². The van der Waals surface area contributed by atoms with Crippen molar-refractivity contribution < 1.29 is 9.53 Å². The minimum absolute atomic E-state index is 0.0408. The zero-order chi connectivity index (χ0) is 22.0. The number of hydrogen-bond acceptors (Lipinski definition) is 5. The smallest absolute Gasteiger partial charge is 0.351 e. The van der Waals surface area contributed by atoms with Gasteiger partial charge >= 0.3 is 5.69 Å². The highest BCUT2D eigenvalue weighted by atomic mass is 35.5. The molecule has 1 aliphatic heterocycles. The van der Waals surface area contributed by atoms with Crippen molar-refractivity contribution in [3.8, 4) is 22.8 Å². The van der Waals surface area contributed by atoms with Gasteiger partial charge in [0.2, 0.25) is 5.91 Å². The molecule has 1 amide bonds. The predicted octanol–water partition coefficient (Wildman–Crippen LogP) is 3.16. The Labute approximate surface area is 185 Å². The second kappa shape index (κ2) is 8.93. The Morgan fingerprint density at radius 2 is 1.87 bits per heavy atom. The molecule has 0 bridgehead atoms. The first-order valence-electron chi connectivity index (χ1n) is 10.3. The van der Waals surface area contributed by atoms with Gasteiger partial charge in [-0.05, 0) is 57.0 Å². The third kappa shape index (κ3) is 4.49. The number of halogens is 1. The van der Waals surface area contributed by atoms with Gasteiger partial charge in [0, 0.05) is 31.0 Å². The van der Waals surface area contributed by atoms with Crippen LogP contribution in [0.1, 0.15) is 26.7 Å². The van der Waals surface area contributed by atoms with Crippen LogP contribution in [-0.4, -0.2) is 49.3 Å². The maximum atomic E-state index is 13.3. The molecule has 0 unspecified atom stereocenters. The number of benzene rings is 1. The second-order valence-electron chi connectivity index (χ2n) is 7.70. The first kappa shape index (κ1) is 21.1. The number of carbonyl (C=O) groups is 1. The van der Waals surface area contributed by atoms with Crippen LogP contribution in [0, 0.1) is 0 Å². The average molecular weight is 442 g/mol. The first-order valence-corrected chi connectivity index (χ1v) is 10.7. The van der Waals surface area contributed by atoms with Crippen molar-refractivity contribution in [2.24, 2.45) is 0 Å². The molecule has 0 saturated carbocycles. The van der Waals surface area contributed by atoms with E-state index < -0.39 is 5.69 Å². The van der Waals surface area contributed by atoms with E-state index in [0.29, 0.717) is 40.9 Å². The standard InChI is InChI=1S/C22H24ClN5O3/c1-15(2)31-17-7-5-16(6-8-17)28-21(18-9-10-24-13-19(18)23)25-27(22(28)30)14-20(29)26-11-3-4-12-26/h5-10,13,15H,3-4,11-12,14H2,1-2H3. The lowest BCUT2D eigenvalue weighted by Gasteiger charge is -2.14. The summed E-state index contributed by atoms with van der Waals surface area (Å²) in [6, 6.07) is 8.86. The Bertz CT molecular complexity index is 1130. The fourth-order valence-corrected chi connectivity index (χ4v) is 3.82. The number of amides is 1. The number of carbonyl (C=O) groups excluding carboxylic acids is 1. The molecule has 31 heavy (non-hydrogen) atoms. The van der Waals surface area contributed by atoms with Crippen molar-refractivity contribution in [1.82, 2.24) is 24.2 Å². The molecular weight excluding hydrogens is 418 g/mol. The molecule has 0 aliphatic carbocycles. The Balaban J connectivity index is 1.77. The summed E-state index contributed by atoms with van der Waals surface area (Å²) in [6.45, 7) is 5.21. The summed E-state index contributed by atoms with van der Waals surface area (Å²) in [5, 5.41) is 4.84. The van der Waals surface area contributed by atoms with Crippen LogP contribution in [0.2, 0.25) is 5.02 Å². The minimum Gasteiger partial charge on any atom is -0.491 e. The van der Waals surface area contributed by atoms with Gasteiger partial charge in [-0.1, -0.05) is 11.6 Å². The van der Waals surface area contributed by atoms with Gasteiger partial charge in [0.1, 0.15) is 12.3 Å². The number of likely N-dealkylation sites (tertiary alicyclic amines) is 1. The van der Waals surface area contributed by atoms with Crippen LogP contribution in [-0.2, 0) is 11.3 Å². The molecule has 0 N–H and O–H groups in total. The van der Waals surface area contributed by atoms with E-state index in [2.05, 4.69) is 10.1 Å². The maximum absolute atomic E-state index is 13.3. The molecule has 4 rings (SSSR count). The van der Waals surface area contributed by atoms with Crippen molar-refractivity contribution in [3.05, 3.63) is 58.2 Å². The Morgan fingerprint density at radius 3 is 2.52 bits per heavy atom. The largest absolute Gasteiger partial charge is 0.491 e. The van der Waals surface area contributed by atoms with Gasteiger partial charge in [0.05, 0.1) is 16.8 Å². The lowest BCUT2D eigenvalue weighted by Crippen LogP contribution is -2.35. The summed E-state index contributed by atoms with van der Waals surface area (Å²) in [4.78, 5) is 31.7. The van der Waals surface area contributed by atoms with Gasteiger partial charge in [0.25, 0.3) is 0 Å². The minimum atomic E-state index is -0.409. The van der Waals surface area contributed by atoms with Crippen molar-refractivity contribution in [2.75, 3.05) is 13.1 Å². The Morgan fingerprint density at radius 1 is 1.16 bits per heavy atom. The molecule has 9 heteroatoms. The molecule has 0 spiro atoms. The molecule has 162 valence electrons. The van der Waals surface area contributed by atoms with Gasteiger partial charge in [-0.2, -0.15) is 0 Å². The van der Waals surface area contributed by atoms with E-state index in [-0.39, 0.29) is 18.6 Å². The zero-order valence-corrected chi connectivity index (χ0v) is 18.2. The summed E-state index contributed by atoms with van der Waals surface area (Å²) in [5.41, 5.74) is 0.750. The van der Waals surface area contributed by atoms with E-state index in [1.54, 1.807) is 41.4 Å². The van der Waals surface area contributed by atoms with Gasteiger partial charge in [-0.3, -0.25) is 9.78 Å². The topological polar surface area (TPSA) is 82.2 Å². The van der Waals surface area contributed by atoms with E-state index in [9.17, 15) is 9.59 Å². The first-order chi connectivity index (χ1) is 14.9. The van der Waals surface area contributed by atoms with Crippen LogP contribution in [0.4, 0.5) is 0 Å². The average Bonchev–Trinajstić information content (AvgIpc) is 3.38. The quantitative estimate of drug-likeness (QED) is 0.586. The lowest BCUT2D eigenvalue weighted by atomic mass is 10.2. The highest BCUT2D eigenvalue weighted by molar-refractivity contribution is 6.33. The summed E-state index contributed by atoms with van der Waals surface area (Å²) < 4.78 is 8.35. The Kier molecular flexibility index (Phi) is 6.08. The van der Waals surface area contributed by atoms with Gasteiger partial charge in [-0.25, -0.2) is 14.0 Å². The van der Waals surface area contributed by atoms with E-state index >= 15 is 0 Å². The molecule has 0 atom stereocenters. The third-order valence-electron chi connectivity index (χ3n) is 5.06. The van der Waals surface area contributed by atoms with Crippen LogP contribution in [0.15, 0.2) is 47.5 Å². The normalized spacial score (nSPS) is 13.7. The number of rotatable bonds is 6. The molecule has 3 heterocycles. The SMILES string of the molecule is CC(C)Oc1ccc(-n2c(-c3ccncc3Cl)nn(CC(=O)N3CCCC3)c2=O)cc1. The highest BCUT2D eigenvalue weighted by Gasteiger charge is 2.23. The fraction of sp³-hybridized carbons (Fsp3) is 0.364. The number of ether oxygens (including phenoxy) is 1. The molecule has 8 nitrogen and oxygen atoms in total. The van der Waals surface area contributed by atoms with E-state index in [1.807, 2.05) is 13.8 Å². The summed E-state index contributed by atoms with van der Waals surface area (Å²) in [7, 11) is 0. The van der Waals surface area contributed by atoms with Crippen molar-refractivity contribution in [3.63, 3.8) is 0 Å². The van der Waals surface area contributed by atoms with E-state index in [1.165, 1.54) is 15.4 Å². The fourth-order valence-electron chi connectivity index (χ4n) is 3.62. The zero-order valence-electron chi connectivity index (χ0n) is 17.5. The molecule has 3 aromatic rings. The third-order valence-corrected chi connectivity index (χ3v) is 5.36. The van der Waals surface area contributed by atoms with E-state index in [4.69, 9.17) is 16.3 Å². The number of pyridine rings is 1. The lowest BCUT2D eigenvalue weighted by molar-refractivity contribution is -0.131. The molecule has 0 radical (unpaired) electrons. The summed E-state index contributed by atoms with van der Waals surface area (Å²) in [6.07, 6.45) is 5.10. The number of hydrogen-bond donors (Lipinski definition) is 0. The number of nitrogens with zero attached hydrogens (tertiary/aromatic N) is 5. The predicted molar refractivity (Wildman–Crippen MR) is 118 cm³/mol. The Hall–Kier alpha value is -3.13. The maximum Gasteiger partial charge on any atom is 0.351 e. The second-order valence-corrected chi connectivity index (χ2v) is 8.11. The molecule has 2 aromatic heterocycles. The van der Waals surface area contributed by atoms with Gasteiger partial charge in [0.15, 0.2) is 5.82 Å². The van der Waals surface area contributed by atoms with Gasteiger partial charge in [-0.15, -0.1) is 5.10 Å². The van der Waals surface area contributed by atoms with E-state index in [0.717, 1.165) is 12.8 Å². The van der Waals surface area contributed by atoms with Crippen molar-refractivity contribution in [2.45, 2.75) is 39.3 Å². The highest BCUT2D eigenvalue weighted by Crippen LogP contribution is 2.27. The number of aromatic nitrogens is 4. The monoisotopic (exact) mass is 441 g/mol.